The molecule has 1 N–H and O–H groups in total. The van der Waals surface area contributed by atoms with Gasteiger partial charge in [-0.05, 0) is 46.9 Å². The summed E-state index contributed by atoms with van der Waals surface area (Å²) in [5.41, 5.74) is 0.787. The number of carbonyl (C=O) groups is 1. The molecule has 3 nitrogen and oxygen atoms in total. The normalized spacial score (nSPS) is 10.2. The molecule has 0 saturated carbocycles. The maximum Gasteiger partial charge on any atom is 0.257 e. The lowest BCUT2D eigenvalue weighted by Gasteiger charge is -2.07. The van der Waals surface area contributed by atoms with E-state index in [0.717, 1.165) is 15.8 Å². The second-order valence-corrected chi connectivity index (χ2v) is 5.07. The number of halogens is 3. The van der Waals surface area contributed by atoms with Crippen LogP contribution in [0.3, 0.4) is 0 Å². The molecule has 0 aliphatic heterocycles. The minimum atomic E-state index is -0.548. The van der Waals surface area contributed by atoms with Gasteiger partial charge in [0.25, 0.3) is 5.91 Å². The molecule has 1 heterocycles. The molecule has 1 aromatic carbocycles. The van der Waals surface area contributed by atoms with E-state index in [1.165, 1.54) is 6.20 Å². The summed E-state index contributed by atoms with van der Waals surface area (Å²) in [6.07, 6.45) is 2.35. The van der Waals surface area contributed by atoms with E-state index >= 15 is 0 Å². The Labute approximate surface area is 122 Å². The molecule has 0 unspecified atom stereocenters. The molecule has 6 heteroatoms. The zero-order valence-corrected chi connectivity index (χ0v) is 11.9. The second kappa shape index (κ2) is 5.62. The molecule has 0 radical (unpaired) electrons. The standard InChI is InChI=1S/C12H7ClFIN2O/c13-8-1-2-11(10(15)4-8)17-12(18)7-3-9(14)6-16-5-7/h1-6H,(H,17,18). The minimum absolute atomic E-state index is 0.167. The number of aromatic nitrogens is 1. The van der Waals surface area contributed by atoms with Crippen LogP contribution in [0.2, 0.25) is 5.02 Å². The zero-order valence-electron chi connectivity index (χ0n) is 8.95. The van der Waals surface area contributed by atoms with Gasteiger partial charge in [-0.15, -0.1) is 0 Å². The van der Waals surface area contributed by atoms with Crippen LogP contribution >= 0.6 is 34.2 Å². The lowest BCUT2D eigenvalue weighted by Crippen LogP contribution is -2.13. The van der Waals surface area contributed by atoms with Crippen LogP contribution in [0.25, 0.3) is 0 Å². The van der Waals surface area contributed by atoms with Crippen LogP contribution in [0, 0.1) is 9.39 Å². The first-order valence-electron chi connectivity index (χ1n) is 4.93. The van der Waals surface area contributed by atoms with Crippen LogP contribution in [0.5, 0.6) is 0 Å². The zero-order chi connectivity index (χ0) is 13.1. The summed E-state index contributed by atoms with van der Waals surface area (Å²) >= 11 is 7.87. The summed E-state index contributed by atoms with van der Waals surface area (Å²) in [5.74, 6) is -0.962. The third-order valence-electron chi connectivity index (χ3n) is 2.15. The Kier molecular flexibility index (Phi) is 4.13. The molecule has 0 saturated heterocycles. The lowest BCUT2D eigenvalue weighted by atomic mass is 10.2. The average Bonchev–Trinajstić information content (AvgIpc) is 2.32. The molecular formula is C12H7ClFIN2O. The number of amides is 1. The van der Waals surface area contributed by atoms with Crippen molar-refractivity contribution in [2.45, 2.75) is 0 Å². The van der Waals surface area contributed by atoms with Crippen LogP contribution in [-0.2, 0) is 0 Å². The van der Waals surface area contributed by atoms with Crippen molar-refractivity contribution in [3.8, 4) is 0 Å². The van der Waals surface area contributed by atoms with E-state index < -0.39 is 11.7 Å². The molecule has 2 rings (SSSR count). The lowest BCUT2D eigenvalue weighted by molar-refractivity contribution is 0.102. The summed E-state index contributed by atoms with van der Waals surface area (Å²) in [4.78, 5) is 15.5. The molecule has 0 atom stereocenters. The number of anilines is 1. The Balaban J connectivity index is 2.21. The van der Waals surface area contributed by atoms with Crippen LogP contribution in [-0.4, -0.2) is 10.9 Å². The summed E-state index contributed by atoms with van der Waals surface area (Å²) in [5, 5.41) is 3.26. The molecule has 1 aromatic heterocycles. The smallest absolute Gasteiger partial charge is 0.257 e. The van der Waals surface area contributed by atoms with Gasteiger partial charge in [0, 0.05) is 14.8 Å². The van der Waals surface area contributed by atoms with Crippen molar-refractivity contribution < 1.29 is 9.18 Å². The molecule has 0 bridgehead atoms. The fraction of sp³-hybridized carbons (Fsp3) is 0. The van der Waals surface area contributed by atoms with Crippen LogP contribution in [0.15, 0.2) is 36.7 Å². The molecule has 0 spiro atoms. The van der Waals surface area contributed by atoms with Crippen molar-refractivity contribution >= 4 is 45.8 Å². The Hall–Kier alpha value is -1.21. The van der Waals surface area contributed by atoms with E-state index in [1.807, 2.05) is 0 Å². The highest BCUT2D eigenvalue weighted by Crippen LogP contribution is 2.22. The first kappa shape index (κ1) is 13.2. The molecule has 1 amide bonds. The van der Waals surface area contributed by atoms with E-state index in [1.54, 1.807) is 18.2 Å². The van der Waals surface area contributed by atoms with E-state index in [0.29, 0.717) is 10.7 Å². The van der Waals surface area contributed by atoms with Gasteiger partial charge in [-0.25, -0.2) is 4.39 Å². The Morgan fingerprint density at radius 1 is 1.33 bits per heavy atom. The highest BCUT2D eigenvalue weighted by atomic mass is 127. The van der Waals surface area contributed by atoms with Crippen molar-refractivity contribution in [2.24, 2.45) is 0 Å². The van der Waals surface area contributed by atoms with Crippen LogP contribution in [0.1, 0.15) is 10.4 Å². The maximum absolute atomic E-state index is 12.9. The number of rotatable bonds is 2. The van der Waals surface area contributed by atoms with E-state index in [4.69, 9.17) is 11.6 Å². The molecule has 2 aromatic rings. The molecule has 92 valence electrons. The fourth-order valence-electron chi connectivity index (χ4n) is 1.32. The van der Waals surface area contributed by atoms with E-state index in [9.17, 15) is 9.18 Å². The first-order valence-corrected chi connectivity index (χ1v) is 6.39. The highest BCUT2D eigenvalue weighted by Gasteiger charge is 2.09. The van der Waals surface area contributed by atoms with Gasteiger partial charge in [0.1, 0.15) is 5.82 Å². The summed E-state index contributed by atoms with van der Waals surface area (Å²) in [6, 6.07) is 6.21. The fourth-order valence-corrected chi connectivity index (χ4v) is 2.33. The Morgan fingerprint density at radius 3 is 2.78 bits per heavy atom. The molecule has 18 heavy (non-hydrogen) atoms. The number of hydrogen-bond acceptors (Lipinski definition) is 2. The van der Waals surface area contributed by atoms with Crippen LogP contribution in [0.4, 0.5) is 10.1 Å². The number of hydrogen-bond donors (Lipinski definition) is 1. The number of nitrogens with one attached hydrogen (secondary N) is 1. The molecular weight excluding hydrogens is 370 g/mol. The summed E-state index contributed by atoms with van der Waals surface area (Å²) in [7, 11) is 0. The third-order valence-corrected chi connectivity index (χ3v) is 3.27. The van der Waals surface area contributed by atoms with Gasteiger partial charge in [-0.3, -0.25) is 9.78 Å². The van der Waals surface area contributed by atoms with Gasteiger partial charge in [-0.2, -0.15) is 0 Å². The number of carbonyl (C=O) groups excluding carboxylic acids is 1. The number of nitrogens with zero attached hydrogens (tertiary/aromatic N) is 1. The topological polar surface area (TPSA) is 42.0 Å². The Bertz CT molecular complexity index is 606. The molecule has 0 fully saturated rings. The monoisotopic (exact) mass is 376 g/mol. The van der Waals surface area contributed by atoms with E-state index in [-0.39, 0.29) is 5.56 Å². The number of pyridine rings is 1. The maximum atomic E-state index is 12.9. The second-order valence-electron chi connectivity index (χ2n) is 3.47. The Morgan fingerprint density at radius 2 is 2.11 bits per heavy atom. The number of benzene rings is 1. The third kappa shape index (κ3) is 3.17. The van der Waals surface area contributed by atoms with Crippen LogP contribution < -0.4 is 5.32 Å². The minimum Gasteiger partial charge on any atom is -0.321 e. The molecule has 0 aliphatic carbocycles. The van der Waals surface area contributed by atoms with Gasteiger partial charge in [-0.1, -0.05) is 11.6 Å². The van der Waals surface area contributed by atoms with Crippen molar-refractivity contribution in [1.82, 2.24) is 4.98 Å². The van der Waals surface area contributed by atoms with Gasteiger partial charge >= 0.3 is 0 Å². The first-order chi connectivity index (χ1) is 8.56. The average molecular weight is 377 g/mol. The predicted molar refractivity (Wildman–Crippen MR) is 76.3 cm³/mol. The SMILES string of the molecule is O=C(Nc1ccc(Cl)cc1I)c1cncc(F)c1. The van der Waals surface area contributed by atoms with Gasteiger partial charge in [0.15, 0.2) is 0 Å². The quantitative estimate of drug-likeness (QED) is 0.812. The van der Waals surface area contributed by atoms with Crippen molar-refractivity contribution in [3.63, 3.8) is 0 Å². The predicted octanol–water partition coefficient (Wildman–Crippen LogP) is 3.73. The van der Waals surface area contributed by atoms with Crippen molar-refractivity contribution in [3.05, 3.63) is 56.6 Å². The largest absolute Gasteiger partial charge is 0.321 e. The summed E-state index contributed by atoms with van der Waals surface area (Å²) in [6.45, 7) is 0. The van der Waals surface area contributed by atoms with E-state index in [2.05, 4.69) is 32.9 Å². The van der Waals surface area contributed by atoms with Gasteiger partial charge in [0.05, 0.1) is 17.4 Å². The molecule has 0 aliphatic rings. The summed E-state index contributed by atoms with van der Waals surface area (Å²) < 4.78 is 13.7. The van der Waals surface area contributed by atoms with Crippen molar-refractivity contribution in [2.75, 3.05) is 5.32 Å². The van der Waals surface area contributed by atoms with Gasteiger partial charge in [0.2, 0.25) is 0 Å². The highest BCUT2D eigenvalue weighted by molar-refractivity contribution is 14.1. The van der Waals surface area contributed by atoms with Crippen molar-refractivity contribution in [1.29, 1.82) is 0 Å². The van der Waals surface area contributed by atoms with Gasteiger partial charge < -0.3 is 5.32 Å².